The van der Waals surface area contributed by atoms with Gasteiger partial charge in [-0.15, -0.1) is 0 Å². The first-order valence-electron chi connectivity index (χ1n) is 5.42. The molecule has 0 fully saturated rings. The van der Waals surface area contributed by atoms with Crippen molar-refractivity contribution in [2.45, 2.75) is 13.8 Å². The third-order valence-electron chi connectivity index (χ3n) is 2.15. The van der Waals surface area contributed by atoms with E-state index in [2.05, 4.69) is 22.7 Å². The molecule has 1 rings (SSSR count). The maximum atomic E-state index is 11.4. The van der Waals surface area contributed by atoms with Gasteiger partial charge in [0.05, 0.1) is 17.9 Å². The normalized spacial score (nSPS) is 10.9. The van der Waals surface area contributed by atoms with Gasteiger partial charge in [-0.25, -0.2) is 4.79 Å². The Labute approximate surface area is 111 Å². The van der Waals surface area contributed by atoms with Gasteiger partial charge >= 0.3 is 5.97 Å². The van der Waals surface area contributed by atoms with Crippen LogP contribution in [0.2, 0.25) is 0 Å². The molecule has 0 saturated carbocycles. The first-order chi connectivity index (χ1) is 8.54. The summed E-state index contributed by atoms with van der Waals surface area (Å²) in [7, 11) is 0. The smallest absolute Gasteiger partial charge is 0.338 e. The average Bonchev–Trinajstić information content (AvgIpc) is 2.36. The highest BCUT2D eigenvalue weighted by Gasteiger charge is 2.06. The van der Waals surface area contributed by atoms with Gasteiger partial charge in [-0.1, -0.05) is 12.1 Å². The molecule has 1 aromatic rings. The summed E-state index contributed by atoms with van der Waals surface area (Å²) in [6, 6.07) is 6.94. The number of hydrogen-bond acceptors (Lipinski definition) is 4. The van der Waals surface area contributed by atoms with Crippen LogP contribution in [0.5, 0.6) is 0 Å². The summed E-state index contributed by atoms with van der Waals surface area (Å²) >= 11 is 4.65. The van der Waals surface area contributed by atoms with Gasteiger partial charge in [0, 0.05) is 0 Å². The summed E-state index contributed by atoms with van der Waals surface area (Å²) in [4.78, 5) is 11.4. The highest BCUT2D eigenvalue weighted by atomic mass is 32.1. The fourth-order valence-corrected chi connectivity index (χ4v) is 1.31. The molecule has 0 heterocycles. The highest BCUT2D eigenvalue weighted by Crippen LogP contribution is 2.07. The van der Waals surface area contributed by atoms with Crippen molar-refractivity contribution in [2.24, 2.45) is 10.8 Å². The molecule has 0 aromatic heterocycles. The van der Waals surface area contributed by atoms with E-state index in [4.69, 9.17) is 10.5 Å². The van der Waals surface area contributed by atoms with Gasteiger partial charge in [-0.3, -0.25) is 5.43 Å². The van der Waals surface area contributed by atoms with Gasteiger partial charge in [-0.05, 0) is 43.8 Å². The number of carbonyl (C=O) groups is 1. The van der Waals surface area contributed by atoms with E-state index in [1.165, 1.54) is 0 Å². The van der Waals surface area contributed by atoms with Gasteiger partial charge in [0.2, 0.25) is 0 Å². The first kappa shape index (κ1) is 14.1. The largest absolute Gasteiger partial charge is 0.462 e. The molecule has 0 aliphatic rings. The number of nitrogens with zero attached hydrogens (tertiary/aromatic N) is 1. The monoisotopic (exact) mass is 265 g/mol. The maximum absolute atomic E-state index is 11.4. The number of thiocarbonyl (C=S) groups is 1. The number of nitrogens with two attached hydrogens (primary N) is 1. The topological polar surface area (TPSA) is 76.7 Å². The third-order valence-corrected chi connectivity index (χ3v) is 2.24. The Balaban J connectivity index is 2.79. The molecule has 0 saturated heterocycles. The summed E-state index contributed by atoms with van der Waals surface area (Å²) in [6.45, 7) is 3.94. The standard InChI is InChI=1S/C12H15N3O2S/c1-3-17-11(16)10-6-4-9(5-7-10)8(2)14-15-12(13)18/h4-7H,3H2,1-2H3,(H3,13,15,18). The molecule has 6 heteroatoms. The number of hydrogen-bond donors (Lipinski definition) is 2. The second kappa shape index (κ2) is 6.70. The van der Waals surface area contributed by atoms with Gasteiger partial charge in [0.25, 0.3) is 0 Å². The lowest BCUT2D eigenvalue weighted by Crippen LogP contribution is -2.25. The van der Waals surface area contributed by atoms with Crippen molar-refractivity contribution in [3.63, 3.8) is 0 Å². The highest BCUT2D eigenvalue weighted by molar-refractivity contribution is 7.80. The number of esters is 1. The van der Waals surface area contributed by atoms with E-state index in [0.29, 0.717) is 12.2 Å². The number of rotatable bonds is 4. The van der Waals surface area contributed by atoms with E-state index in [1.54, 1.807) is 31.2 Å². The molecular weight excluding hydrogens is 250 g/mol. The van der Waals surface area contributed by atoms with Crippen LogP contribution in [0.25, 0.3) is 0 Å². The molecule has 96 valence electrons. The number of benzene rings is 1. The molecule has 0 unspecified atom stereocenters. The molecule has 0 radical (unpaired) electrons. The number of hydrazone groups is 1. The molecule has 0 aliphatic heterocycles. The average molecular weight is 265 g/mol. The van der Waals surface area contributed by atoms with Crippen LogP contribution in [0.15, 0.2) is 29.4 Å². The van der Waals surface area contributed by atoms with E-state index >= 15 is 0 Å². The van der Waals surface area contributed by atoms with E-state index in [9.17, 15) is 4.79 Å². The van der Waals surface area contributed by atoms with Gasteiger partial charge in [0.15, 0.2) is 5.11 Å². The zero-order valence-corrected chi connectivity index (χ0v) is 11.1. The van der Waals surface area contributed by atoms with E-state index in [-0.39, 0.29) is 11.1 Å². The lowest BCUT2D eigenvalue weighted by Gasteiger charge is -2.04. The summed E-state index contributed by atoms with van der Waals surface area (Å²) in [5.74, 6) is -0.333. The minimum atomic E-state index is -0.333. The number of nitrogens with one attached hydrogen (secondary N) is 1. The summed E-state index contributed by atoms with van der Waals surface area (Å²) in [5.41, 5.74) is 9.87. The van der Waals surface area contributed by atoms with Crippen LogP contribution in [-0.2, 0) is 4.74 Å². The SMILES string of the molecule is CCOC(=O)c1ccc(C(C)=NNC(N)=S)cc1. The number of carbonyl (C=O) groups excluding carboxylic acids is 1. The summed E-state index contributed by atoms with van der Waals surface area (Å²) in [6.07, 6.45) is 0. The van der Waals surface area contributed by atoms with Gasteiger partial charge in [-0.2, -0.15) is 5.10 Å². The van der Waals surface area contributed by atoms with Gasteiger partial charge < -0.3 is 10.5 Å². The van der Waals surface area contributed by atoms with Crippen molar-refractivity contribution in [1.29, 1.82) is 0 Å². The first-order valence-corrected chi connectivity index (χ1v) is 5.82. The van der Waals surface area contributed by atoms with Crippen LogP contribution in [0.1, 0.15) is 29.8 Å². The second-order valence-electron chi connectivity index (χ2n) is 3.47. The Morgan fingerprint density at radius 2 is 1.94 bits per heavy atom. The minimum absolute atomic E-state index is 0.109. The fourth-order valence-electron chi connectivity index (χ4n) is 1.27. The molecule has 18 heavy (non-hydrogen) atoms. The van der Waals surface area contributed by atoms with E-state index in [0.717, 1.165) is 11.3 Å². The van der Waals surface area contributed by atoms with Crippen molar-refractivity contribution in [2.75, 3.05) is 6.61 Å². The quantitative estimate of drug-likeness (QED) is 0.373. The van der Waals surface area contributed by atoms with Crippen molar-refractivity contribution < 1.29 is 9.53 Å². The molecule has 0 atom stereocenters. The zero-order valence-electron chi connectivity index (χ0n) is 10.3. The second-order valence-corrected chi connectivity index (χ2v) is 3.91. The lowest BCUT2D eigenvalue weighted by atomic mass is 10.1. The zero-order chi connectivity index (χ0) is 13.5. The third kappa shape index (κ3) is 4.14. The predicted molar refractivity (Wildman–Crippen MR) is 74.5 cm³/mol. The molecule has 0 spiro atoms. The minimum Gasteiger partial charge on any atom is -0.462 e. The molecule has 3 N–H and O–H groups in total. The van der Waals surface area contributed by atoms with Crippen molar-refractivity contribution >= 4 is 29.0 Å². The molecule has 0 aliphatic carbocycles. The molecular formula is C12H15N3O2S. The molecule has 1 aromatic carbocycles. The Kier molecular flexibility index (Phi) is 5.26. The fraction of sp³-hybridized carbons (Fsp3) is 0.250. The summed E-state index contributed by atoms with van der Waals surface area (Å²) < 4.78 is 4.89. The van der Waals surface area contributed by atoms with E-state index < -0.39 is 0 Å². The molecule has 0 bridgehead atoms. The van der Waals surface area contributed by atoms with Crippen molar-refractivity contribution in [1.82, 2.24) is 5.43 Å². The van der Waals surface area contributed by atoms with Crippen molar-refractivity contribution in [3.8, 4) is 0 Å². The number of ether oxygens (including phenoxy) is 1. The lowest BCUT2D eigenvalue weighted by molar-refractivity contribution is 0.0526. The Hall–Kier alpha value is -1.95. The van der Waals surface area contributed by atoms with Crippen LogP contribution in [0.4, 0.5) is 0 Å². The van der Waals surface area contributed by atoms with Crippen LogP contribution in [-0.4, -0.2) is 23.4 Å². The summed E-state index contributed by atoms with van der Waals surface area (Å²) in [5, 5.41) is 4.10. The molecule has 0 amide bonds. The Morgan fingerprint density at radius 3 is 2.44 bits per heavy atom. The van der Waals surface area contributed by atoms with Gasteiger partial charge in [0.1, 0.15) is 0 Å². The van der Waals surface area contributed by atoms with E-state index in [1.807, 2.05) is 6.92 Å². The van der Waals surface area contributed by atoms with Crippen LogP contribution >= 0.6 is 12.2 Å². The Morgan fingerprint density at radius 1 is 1.39 bits per heavy atom. The van der Waals surface area contributed by atoms with Crippen LogP contribution in [0.3, 0.4) is 0 Å². The molecule has 5 nitrogen and oxygen atoms in total. The van der Waals surface area contributed by atoms with Crippen molar-refractivity contribution in [3.05, 3.63) is 35.4 Å². The van der Waals surface area contributed by atoms with Crippen LogP contribution < -0.4 is 11.2 Å². The Bertz CT molecular complexity index is 469. The van der Waals surface area contributed by atoms with Crippen LogP contribution in [0, 0.1) is 0 Å². The maximum Gasteiger partial charge on any atom is 0.338 e. The predicted octanol–water partition coefficient (Wildman–Crippen LogP) is 1.42.